The molecule has 0 saturated carbocycles. The first kappa shape index (κ1) is 20.0. The monoisotopic (exact) mass is 487 g/mol. The van der Waals surface area contributed by atoms with Crippen LogP contribution < -0.4 is 10.1 Å². The van der Waals surface area contributed by atoms with E-state index in [0.29, 0.717) is 20.3 Å². The lowest BCUT2D eigenvalue weighted by molar-refractivity contribution is 0.885. The molecule has 0 bridgehead atoms. The Morgan fingerprint density at radius 2 is 1.76 bits per heavy atom. The third-order valence-corrected chi connectivity index (χ3v) is 7.18. The molecule has 0 atom stereocenters. The number of thiazole rings is 1. The van der Waals surface area contributed by atoms with E-state index >= 15 is 0 Å². The summed E-state index contributed by atoms with van der Waals surface area (Å²) in [5, 5.41) is 11.9. The summed E-state index contributed by atoms with van der Waals surface area (Å²) >= 11 is 8.89. The third-order valence-electron chi connectivity index (χ3n) is 5.09. The van der Waals surface area contributed by atoms with Crippen LogP contribution in [0.1, 0.15) is 5.56 Å². The maximum absolute atomic E-state index is 13.1. The highest BCUT2D eigenvalue weighted by molar-refractivity contribution is 7.15. The van der Waals surface area contributed by atoms with Crippen LogP contribution in [0, 0.1) is 0 Å². The predicted octanol–water partition coefficient (Wildman–Crippen LogP) is 4.93. The van der Waals surface area contributed by atoms with Gasteiger partial charge in [0.2, 0.25) is 4.96 Å². The van der Waals surface area contributed by atoms with E-state index in [1.54, 1.807) is 23.5 Å². The molecule has 0 aliphatic carbocycles. The molecule has 0 amide bonds. The topological polar surface area (TPSA) is 65.1 Å². The fourth-order valence-electron chi connectivity index (χ4n) is 3.51. The van der Waals surface area contributed by atoms with Gasteiger partial charge >= 0.3 is 0 Å². The van der Waals surface area contributed by atoms with Gasteiger partial charge in [0.15, 0.2) is 5.82 Å². The number of hydrogen-bond donors (Lipinski definition) is 0. The number of para-hydroxylation sites is 1. The van der Waals surface area contributed by atoms with E-state index in [1.807, 2.05) is 76.9 Å². The zero-order valence-corrected chi connectivity index (χ0v) is 19.3. The van der Waals surface area contributed by atoms with E-state index in [4.69, 9.17) is 16.7 Å². The Hall–Kier alpha value is -3.59. The van der Waals surface area contributed by atoms with E-state index in [9.17, 15) is 4.79 Å². The van der Waals surface area contributed by atoms with Gasteiger partial charge in [0.25, 0.3) is 5.56 Å². The van der Waals surface area contributed by atoms with Crippen LogP contribution in [0.25, 0.3) is 38.7 Å². The molecule has 0 N–H and O–H groups in total. The van der Waals surface area contributed by atoms with Crippen LogP contribution in [-0.2, 0) is 0 Å². The number of thiophene rings is 1. The zero-order chi connectivity index (χ0) is 22.4. The van der Waals surface area contributed by atoms with Crippen LogP contribution >= 0.6 is 34.3 Å². The maximum atomic E-state index is 13.1. The number of rotatable bonds is 4. The van der Waals surface area contributed by atoms with E-state index in [-0.39, 0.29) is 5.56 Å². The molecule has 0 radical (unpaired) electrons. The van der Waals surface area contributed by atoms with E-state index in [2.05, 4.69) is 10.1 Å². The third kappa shape index (κ3) is 3.68. The molecule has 0 saturated heterocycles. The highest BCUT2D eigenvalue weighted by atomic mass is 35.5. The number of fused-ring (bicyclic) bond motifs is 1. The molecule has 4 aromatic heterocycles. The van der Waals surface area contributed by atoms with Gasteiger partial charge in [-0.2, -0.15) is 14.6 Å². The van der Waals surface area contributed by atoms with Crippen molar-refractivity contribution in [2.45, 2.75) is 0 Å². The number of halogens is 1. The second-order valence-electron chi connectivity index (χ2n) is 7.24. The number of nitrogens with zero attached hydrogens (tertiary/aromatic N) is 5. The molecule has 6 nitrogen and oxygen atoms in total. The normalized spacial score (nSPS) is 12.1. The minimum absolute atomic E-state index is 0.202. The average molecular weight is 488 g/mol. The quantitative estimate of drug-likeness (QED) is 0.353. The molecule has 0 fully saturated rings. The lowest BCUT2D eigenvalue weighted by Gasteiger charge is -1.99. The van der Waals surface area contributed by atoms with Gasteiger partial charge in [-0.05, 0) is 53.9 Å². The van der Waals surface area contributed by atoms with Gasteiger partial charge in [0, 0.05) is 22.3 Å². The Morgan fingerprint density at radius 1 is 0.939 bits per heavy atom. The minimum atomic E-state index is -0.202. The van der Waals surface area contributed by atoms with Crippen LogP contribution in [0.4, 0.5) is 0 Å². The summed E-state index contributed by atoms with van der Waals surface area (Å²) in [7, 11) is 0. The summed E-state index contributed by atoms with van der Waals surface area (Å²) in [6.45, 7) is 0. The van der Waals surface area contributed by atoms with E-state index in [1.165, 1.54) is 15.9 Å². The summed E-state index contributed by atoms with van der Waals surface area (Å²) < 4.78 is 3.74. The Balaban J connectivity index is 1.47. The molecule has 0 aliphatic heterocycles. The van der Waals surface area contributed by atoms with Crippen LogP contribution in [0.2, 0.25) is 5.02 Å². The SMILES string of the molecule is O=c1/c(=C/c2cn(-c3ccccc3)nc2-c2cccs2)sc2nc(-c3ccc(Cl)cc3)nn12. The summed E-state index contributed by atoms with van der Waals surface area (Å²) in [4.78, 5) is 19.2. The molecule has 0 spiro atoms. The number of hydrogen-bond acceptors (Lipinski definition) is 6. The van der Waals surface area contributed by atoms with Crippen LogP contribution in [0.5, 0.6) is 0 Å². The second-order valence-corrected chi connectivity index (χ2v) is 9.64. The molecule has 0 unspecified atom stereocenters. The van der Waals surface area contributed by atoms with Gasteiger partial charge in [0.05, 0.1) is 15.1 Å². The van der Waals surface area contributed by atoms with Crippen molar-refractivity contribution in [1.29, 1.82) is 0 Å². The van der Waals surface area contributed by atoms with Crippen molar-refractivity contribution in [1.82, 2.24) is 24.4 Å². The molecule has 4 heterocycles. The summed E-state index contributed by atoms with van der Waals surface area (Å²) in [5.41, 5.74) is 3.25. The standard InChI is InChI=1S/C24H14ClN5OS2/c25-17-10-8-15(9-11-17)22-26-24-30(28-22)23(31)20(33-24)13-16-14-29(18-5-2-1-3-6-18)27-21(16)19-7-4-12-32-19/h1-14H/b20-13-. The van der Waals surface area contributed by atoms with Gasteiger partial charge in [-0.25, -0.2) is 4.68 Å². The zero-order valence-electron chi connectivity index (χ0n) is 16.9. The molecule has 0 aliphatic rings. The molecule has 6 rings (SSSR count). The van der Waals surface area contributed by atoms with Crippen molar-refractivity contribution in [2.75, 3.05) is 0 Å². The lowest BCUT2D eigenvalue weighted by atomic mass is 10.2. The first-order valence-electron chi connectivity index (χ1n) is 10.0. The molecule has 2 aromatic carbocycles. The van der Waals surface area contributed by atoms with Crippen molar-refractivity contribution in [3.05, 3.63) is 104 Å². The Bertz CT molecular complexity index is 1680. The minimum Gasteiger partial charge on any atom is -0.266 e. The molecule has 33 heavy (non-hydrogen) atoms. The van der Waals surface area contributed by atoms with Crippen molar-refractivity contribution in [3.8, 4) is 27.6 Å². The summed E-state index contributed by atoms with van der Waals surface area (Å²) in [6, 6.07) is 21.2. The molecule has 6 aromatic rings. The summed E-state index contributed by atoms with van der Waals surface area (Å²) in [5.74, 6) is 0.498. The first-order chi connectivity index (χ1) is 16.2. The fourth-order valence-corrected chi connectivity index (χ4v) is 5.26. The summed E-state index contributed by atoms with van der Waals surface area (Å²) in [6.07, 6.45) is 3.81. The fraction of sp³-hybridized carbons (Fsp3) is 0. The van der Waals surface area contributed by atoms with Crippen LogP contribution in [0.3, 0.4) is 0 Å². The van der Waals surface area contributed by atoms with Gasteiger partial charge in [-0.3, -0.25) is 4.79 Å². The Labute approximate surface area is 200 Å². The number of aromatic nitrogens is 5. The van der Waals surface area contributed by atoms with Crippen molar-refractivity contribution >= 4 is 45.3 Å². The van der Waals surface area contributed by atoms with Crippen LogP contribution in [-0.4, -0.2) is 24.4 Å². The smallest absolute Gasteiger partial charge is 0.266 e. The van der Waals surface area contributed by atoms with Gasteiger partial charge in [0.1, 0.15) is 5.69 Å². The largest absolute Gasteiger partial charge is 0.291 e. The van der Waals surface area contributed by atoms with Crippen molar-refractivity contribution < 1.29 is 0 Å². The average Bonchev–Trinajstić information content (AvgIpc) is 3.62. The lowest BCUT2D eigenvalue weighted by Crippen LogP contribution is -2.23. The number of benzene rings is 2. The molecule has 9 heteroatoms. The highest BCUT2D eigenvalue weighted by Gasteiger charge is 2.15. The second kappa shape index (κ2) is 8.08. The van der Waals surface area contributed by atoms with E-state index in [0.717, 1.165) is 27.4 Å². The first-order valence-corrected chi connectivity index (χ1v) is 12.1. The van der Waals surface area contributed by atoms with Gasteiger partial charge in [-0.1, -0.05) is 47.2 Å². The van der Waals surface area contributed by atoms with Crippen molar-refractivity contribution in [3.63, 3.8) is 0 Å². The maximum Gasteiger partial charge on any atom is 0.291 e. The molecular weight excluding hydrogens is 474 g/mol. The highest BCUT2D eigenvalue weighted by Crippen LogP contribution is 2.28. The van der Waals surface area contributed by atoms with E-state index < -0.39 is 0 Å². The molecule has 160 valence electrons. The predicted molar refractivity (Wildman–Crippen MR) is 133 cm³/mol. The molecular formula is C24H14ClN5OS2. The van der Waals surface area contributed by atoms with Crippen LogP contribution in [0.15, 0.2) is 83.1 Å². The Kier molecular flexibility index (Phi) is 4.91. The van der Waals surface area contributed by atoms with Gasteiger partial charge < -0.3 is 0 Å². The van der Waals surface area contributed by atoms with Gasteiger partial charge in [-0.15, -0.1) is 16.4 Å². The van der Waals surface area contributed by atoms with Crippen molar-refractivity contribution in [2.24, 2.45) is 0 Å². The Morgan fingerprint density at radius 3 is 2.48 bits per heavy atom.